The van der Waals surface area contributed by atoms with Crippen molar-refractivity contribution in [3.05, 3.63) is 76.0 Å². The molecule has 2 saturated heterocycles. The van der Waals surface area contributed by atoms with Gasteiger partial charge in [0.25, 0.3) is 11.8 Å². The fourth-order valence-electron chi connectivity index (χ4n) is 5.34. The number of carbonyl (C=O) groups excluding carboxylic acids is 2. The first-order valence-electron chi connectivity index (χ1n) is 11.9. The van der Waals surface area contributed by atoms with E-state index in [2.05, 4.69) is 15.2 Å². The summed E-state index contributed by atoms with van der Waals surface area (Å²) in [6, 6.07) is 12.8. The Bertz CT molecular complexity index is 1240. The van der Waals surface area contributed by atoms with E-state index in [0.29, 0.717) is 25.3 Å². The number of hydrogen-bond acceptors (Lipinski definition) is 6. The van der Waals surface area contributed by atoms with Crippen LogP contribution in [-0.2, 0) is 6.42 Å². The summed E-state index contributed by atoms with van der Waals surface area (Å²) in [6.07, 6.45) is 1.70. The highest BCUT2D eigenvalue weighted by Crippen LogP contribution is 2.37. The van der Waals surface area contributed by atoms with Gasteiger partial charge in [0, 0.05) is 67.1 Å². The van der Waals surface area contributed by atoms with Crippen molar-refractivity contribution < 1.29 is 14.0 Å². The van der Waals surface area contributed by atoms with Gasteiger partial charge in [-0.05, 0) is 54.8 Å². The summed E-state index contributed by atoms with van der Waals surface area (Å²) in [4.78, 5) is 35.8. The van der Waals surface area contributed by atoms with E-state index in [-0.39, 0.29) is 29.7 Å². The maximum Gasteiger partial charge on any atom is 0.273 e. The van der Waals surface area contributed by atoms with Crippen LogP contribution in [0.3, 0.4) is 0 Å². The summed E-state index contributed by atoms with van der Waals surface area (Å²) in [6.45, 7) is 3.50. The van der Waals surface area contributed by atoms with Gasteiger partial charge in [-0.3, -0.25) is 9.59 Å². The molecule has 3 aliphatic heterocycles. The van der Waals surface area contributed by atoms with E-state index in [1.165, 1.54) is 23.5 Å². The predicted octanol–water partition coefficient (Wildman–Crippen LogP) is 3.31. The molecule has 1 atom stereocenters. The second kappa shape index (κ2) is 9.05. The Kier molecular flexibility index (Phi) is 5.74. The van der Waals surface area contributed by atoms with Crippen LogP contribution in [0.25, 0.3) is 0 Å². The molecule has 1 N–H and O–H groups in total. The molecule has 9 heteroatoms. The number of fused-ring (bicyclic) bond motifs is 1. The van der Waals surface area contributed by atoms with Gasteiger partial charge in [0.2, 0.25) is 0 Å². The Hall–Kier alpha value is -3.30. The van der Waals surface area contributed by atoms with Crippen molar-refractivity contribution in [1.29, 1.82) is 0 Å². The molecule has 35 heavy (non-hydrogen) atoms. The second-order valence-electron chi connectivity index (χ2n) is 9.37. The molecule has 2 aromatic carbocycles. The maximum absolute atomic E-state index is 13.4. The number of nitrogens with one attached hydrogen (secondary N) is 1. The van der Waals surface area contributed by atoms with Gasteiger partial charge in [-0.25, -0.2) is 9.37 Å². The number of hydrogen-bond donors (Lipinski definition) is 1. The molecule has 180 valence electrons. The SMILES string of the molecule is O=C(c1cscn1)N1CCC(NC2CN(C(=O)c3cccc4c3CCN4c3ccc(F)cc3)C2)C1. The van der Waals surface area contributed by atoms with E-state index >= 15 is 0 Å². The van der Waals surface area contributed by atoms with Gasteiger partial charge in [-0.15, -0.1) is 11.3 Å². The lowest BCUT2D eigenvalue weighted by Crippen LogP contribution is -2.62. The van der Waals surface area contributed by atoms with Crippen molar-refractivity contribution in [3.63, 3.8) is 0 Å². The number of halogens is 1. The lowest BCUT2D eigenvalue weighted by Gasteiger charge is -2.41. The van der Waals surface area contributed by atoms with Crippen LogP contribution in [-0.4, -0.2) is 71.4 Å². The number of thiazole rings is 1. The van der Waals surface area contributed by atoms with E-state index in [1.807, 2.05) is 28.0 Å². The summed E-state index contributed by atoms with van der Waals surface area (Å²) in [5.41, 5.74) is 5.97. The highest BCUT2D eigenvalue weighted by molar-refractivity contribution is 7.07. The van der Waals surface area contributed by atoms with Gasteiger partial charge in [-0.2, -0.15) is 0 Å². The van der Waals surface area contributed by atoms with E-state index in [0.717, 1.165) is 48.4 Å². The molecule has 1 unspecified atom stereocenters. The first kappa shape index (κ1) is 22.2. The van der Waals surface area contributed by atoms with Crippen molar-refractivity contribution in [2.75, 3.05) is 37.6 Å². The first-order chi connectivity index (χ1) is 17.1. The van der Waals surface area contributed by atoms with Crippen LogP contribution in [0.4, 0.5) is 15.8 Å². The summed E-state index contributed by atoms with van der Waals surface area (Å²) in [7, 11) is 0. The summed E-state index contributed by atoms with van der Waals surface area (Å²) in [5, 5.41) is 5.41. The summed E-state index contributed by atoms with van der Waals surface area (Å²) < 4.78 is 13.4. The zero-order valence-electron chi connectivity index (χ0n) is 19.2. The van der Waals surface area contributed by atoms with Crippen LogP contribution in [0, 0.1) is 5.82 Å². The molecule has 3 aliphatic rings. The Labute approximate surface area is 207 Å². The molecule has 0 aliphatic carbocycles. The fourth-order valence-corrected chi connectivity index (χ4v) is 5.86. The van der Waals surface area contributed by atoms with Crippen molar-refractivity contribution in [2.45, 2.75) is 24.9 Å². The van der Waals surface area contributed by atoms with E-state index in [4.69, 9.17) is 0 Å². The zero-order chi connectivity index (χ0) is 23.9. The highest BCUT2D eigenvalue weighted by atomic mass is 32.1. The van der Waals surface area contributed by atoms with Gasteiger partial charge < -0.3 is 20.0 Å². The minimum absolute atomic E-state index is 0.00595. The van der Waals surface area contributed by atoms with Crippen molar-refractivity contribution in [2.24, 2.45) is 0 Å². The number of amides is 2. The van der Waals surface area contributed by atoms with Gasteiger partial charge in [-0.1, -0.05) is 6.07 Å². The number of carbonyl (C=O) groups is 2. The van der Waals surface area contributed by atoms with E-state index in [1.54, 1.807) is 23.0 Å². The number of anilines is 2. The molecule has 7 nitrogen and oxygen atoms in total. The minimum atomic E-state index is -0.255. The van der Waals surface area contributed by atoms with Gasteiger partial charge in [0.05, 0.1) is 5.51 Å². The molecule has 0 radical (unpaired) electrons. The minimum Gasteiger partial charge on any atom is -0.341 e. The monoisotopic (exact) mass is 491 g/mol. The molecule has 2 fully saturated rings. The van der Waals surface area contributed by atoms with Crippen LogP contribution in [0.15, 0.2) is 53.4 Å². The third kappa shape index (κ3) is 4.19. The first-order valence-corrected chi connectivity index (χ1v) is 12.9. The van der Waals surface area contributed by atoms with Gasteiger partial charge >= 0.3 is 0 Å². The molecule has 1 aromatic heterocycles. The van der Waals surface area contributed by atoms with Crippen LogP contribution >= 0.6 is 11.3 Å². The Balaban J connectivity index is 1.06. The number of likely N-dealkylation sites (tertiary alicyclic amines) is 2. The molecule has 0 saturated carbocycles. The summed E-state index contributed by atoms with van der Waals surface area (Å²) in [5.74, 6) is -0.199. The molecule has 0 bridgehead atoms. The molecule has 2 amide bonds. The second-order valence-corrected chi connectivity index (χ2v) is 10.1. The average molecular weight is 492 g/mol. The van der Waals surface area contributed by atoms with Gasteiger partial charge in [0.1, 0.15) is 11.5 Å². The molecule has 6 rings (SSSR count). The van der Waals surface area contributed by atoms with Gasteiger partial charge in [0.15, 0.2) is 0 Å². The number of benzene rings is 2. The largest absolute Gasteiger partial charge is 0.341 e. The van der Waals surface area contributed by atoms with Crippen LogP contribution in [0.1, 0.15) is 32.8 Å². The van der Waals surface area contributed by atoms with E-state index in [9.17, 15) is 14.0 Å². The fraction of sp³-hybridized carbons (Fsp3) is 0.346. The van der Waals surface area contributed by atoms with Crippen LogP contribution < -0.4 is 10.2 Å². The third-order valence-electron chi connectivity index (χ3n) is 7.16. The van der Waals surface area contributed by atoms with Crippen molar-refractivity contribution in [1.82, 2.24) is 20.1 Å². The lowest BCUT2D eigenvalue weighted by molar-refractivity contribution is 0.0551. The topological polar surface area (TPSA) is 68.8 Å². The average Bonchev–Trinajstić information content (AvgIpc) is 3.61. The quantitative estimate of drug-likeness (QED) is 0.593. The zero-order valence-corrected chi connectivity index (χ0v) is 20.0. The molecule has 3 aromatic rings. The van der Waals surface area contributed by atoms with Crippen LogP contribution in [0.2, 0.25) is 0 Å². The maximum atomic E-state index is 13.4. The molecule has 0 spiro atoms. The molecular formula is C26H26FN5O2S. The Morgan fingerprint density at radius 2 is 1.77 bits per heavy atom. The molecular weight excluding hydrogens is 465 g/mol. The predicted molar refractivity (Wildman–Crippen MR) is 133 cm³/mol. The number of aromatic nitrogens is 1. The van der Waals surface area contributed by atoms with Crippen molar-refractivity contribution in [3.8, 4) is 0 Å². The Morgan fingerprint density at radius 3 is 2.54 bits per heavy atom. The number of rotatable bonds is 5. The highest BCUT2D eigenvalue weighted by Gasteiger charge is 2.37. The lowest BCUT2D eigenvalue weighted by atomic mass is 10.00. The normalized spacial score (nSPS) is 19.7. The standard InChI is InChI=1S/C26H26FN5O2S/c27-17-4-6-20(7-5-17)32-11-9-21-22(2-1-3-24(21)32)25(33)31-13-19(14-31)29-18-8-10-30(12-18)26(34)23-15-35-16-28-23/h1-7,15-16,18-19,29H,8-14H2. The molecule has 4 heterocycles. The van der Waals surface area contributed by atoms with Crippen molar-refractivity contribution >= 4 is 34.5 Å². The number of nitrogens with zero attached hydrogens (tertiary/aromatic N) is 4. The summed E-state index contributed by atoms with van der Waals surface area (Å²) >= 11 is 1.43. The third-order valence-corrected chi connectivity index (χ3v) is 7.75. The Morgan fingerprint density at radius 1 is 0.971 bits per heavy atom. The smallest absolute Gasteiger partial charge is 0.273 e. The van der Waals surface area contributed by atoms with Crippen LogP contribution in [0.5, 0.6) is 0 Å². The van der Waals surface area contributed by atoms with E-state index < -0.39 is 0 Å².